The van der Waals surface area contributed by atoms with E-state index in [9.17, 15) is 5.11 Å². The molecule has 1 saturated heterocycles. The zero-order chi connectivity index (χ0) is 15.0. The molecule has 1 heterocycles. The summed E-state index contributed by atoms with van der Waals surface area (Å²) in [5, 5.41) is 9.94. The van der Waals surface area contributed by atoms with Crippen molar-refractivity contribution in [2.45, 2.75) is 63.4 Å². The Balaban J connectivity index is 1.77. The fourth-order valence-electron chi connectivity index (χ4n) is 4.95. The summed E-state index contributed by atoms with van der Waals surface area (Å²) in [6.07, 6.45) is 5.85. The minimum atomic E-state index is -0.163. The molecule has 2 saturated carbocycles. The van der Waals surface area contributed by atoms with E-state index in [0.29, 0.717) is 11.8 Å². The molecule has 0 aromatic rings. The number of methoxy groups -OCH3 is 1. The molecule has 4 heteroatoms. The molecule has 2 aliphatic carbocycles. The molecular formula is C17H31NO3. The molecule has 7 atom stereocenters. The molecule has 3 rings (SSSR count). The van der Waals surface area contributed by atoms with Crippen molar-refractivity contribution in [3.63, 3.8) is 0 Å². The molecule has 0 aromatic heterocycles. The molecule has 0 aromatic carbocycles. The molecule has 0 amide bonds. The van der Waals surface area contributed by atoms with Gasteiger partial charge in [-0.05, 0) is 63.5 Å². The van der Waals surface area contributed by atoms with Crippen LogP contribution < -0.4 is 0 Å². The Morgan fingerprint density at radius 1 is 1.24 bits per heavy atom. The number of fused-ring (bicyclic) bond motifs is 3. The maximum absolute atomic E-state index is 9.94. The van der Waals surface area contributed by atoms with Crippen molar-refractivity contribution in [2.75, 3.05) is 27.2 Å². The van der Waals surface area contributed by atoms with Gasteiger partial charge < -0.3 is 19.5 Å². The van der Waals surface area contributed by atoms with Gasteiger partial charge in [-0.1, -0.05) is 6.92 Å². The molecule has 1 aliphatic heterocycles. The second-order valence-corrected chi connectivity index (χ2v) is 7.31. The normalized spacial score (nSPS) is 46.4. The molecule has 0 spiro atoms. The van der Waals surface area contributed by atoms with Crippen LogP contribution in [0, 0.1) is 17.8 Å². The Morgan fingerprint density at radius 2 is 2.05 bits per heavy atom. The summed E-state index contributed by atoms with van der Waals surface area (Å²) in [4.78, 5) is 2.43. The highest BCUT2D eigenvalue weighted by Gasteiger charge is 2.54. The summed E-state index contributed by atoms with van der Waals surface area (Å²) in [5.74, 6) is 1.97. The summed E-state index contributed by atoms with van der Waals surface area (Å²) < 4.78 is 12.1. The van der Waals surface area contributed by atoms with Gasteiger partial charge in [-0.15, -0.1) is 0 Å². The van der Waals surface area contributed by atoms with Crippen molar-refractivity contribution >= 4 is 0 Å². The first-order valence-electron chi connectivity index (χ1n) is 8.68. The monoisotopic (exact) mass is 297 g/mol. The lowest BCUT2D eigenvalue weighted by atomic mass is 9.66. The lowest BCUT2D eigenvalue weighted by Gasteiger charge is -2.41. The van der Waals surface area contributed by atoms with Gasteiger partial charge in [0, 0.05) is 13.7 Å². The Morgan fingerprint density at radius 3 is 2.76 bits per heavy atom. The van der Waals surface area contributed by atoms with Crippen LogP contribution in [-0.2, 0) is 9.47 Å². The summed E-state index contributed by atoms with van der Waals surface area (Å²) in [6.45, 7) is 4.50. The van der Waals surface area contributed by atoms with Crippen LogP contribution >= 0.6 is 0 Å². The van der Waals surface area contributed by atoms with Crippen molar-refractivity contribution in [3.8, 4) is 0 Å². The largest absolute Gasteiger partial charge is 0.393 e. The second kappa shape index (κ2) is 6.53. The lowest BCUT2D eigenvalue weighted by molar-refractivity contribution is -0.0994. The molecule has 7 unspecified atom stereocenters. The van der Waals surface area contributed by atoms with Crippen LogP contribution in [0.25, 0.3) is 0 Å². The molecule has 0 bridgehead atoms. The van der Waals surface area contributed by atoms with Crippen molar-refractivity contribution in [2.24, 2.45) is 17.8 Å². The van der Waals surface area contributed by atoms with Crippen molar-refractivity contribution in [1.82, 2.24) is 4.90 Å². The van der Waals surface area contributed by atoms with Crippen LogP contribution in [-0.4, -0.2) is 61.7 Å². The summed E-state index contributed by atoms with van der Waals surface area (Å²) in [7, 11) is 4.04. The van der Waals surface area contributed by atoms with Gasteiger partial charge in [0.2, 0.25) is 0 Å². The smallest absolute Gasteiger partial charge is 0.0875 e. The maximum atomic E-state index is 9.94. The average molecular weight is 297 g/mol. The third-order valence-electron chi connectivity index (χ3n) is 6.14. The zero-order valence-corrected chi connectivity index (χ0v) is 13.7. The molecule has 122 valence electrons. The van der Waals surface area contributed by atoms with E-state index in [4.69, 9.17) is 9.47 Å². The Bertz CT molecular complexity index is 351. The van der Waals surface area contributed by atoms with Crippen molar-refractivity contribution in [3.05, 3.63) is 0 Å². The van der Waals surface area contributed by atoms with Gasteiger partial charge in [0.1, 0.15) is 0 Å². The third kappa shape index (κ3) is 3.00. The number of nitrogens with zero attached hydrogens (tertiary/aromatic N) is 1. The molecule has 1 N–H and O–H groups in total. The quantitative estimate of drug-likeness (QED) is 0.861. The van der Waals surface area contributed by atoms with Gasteiger partial charge in [0.05, 0.1) is 24.4 Å². The third-order valence-corrected chi connectivity index (χ3v) is 6.14. The van der Waals surface area contributed by atoms with E-state index in [1.165, 1.54) is 13.0 Å². The second-order valence-electron chi connectivity index (χ2n) is 7.31. The van der Waals surface area contributed by atoms with Crippen LogP contribution in [0.3, 0.4) is 0 Å². The van der Waals surface area contributed by atoms with Crippen molar-refractivity contribution < 1.29 is 14.6 Å². The van der Waals surface area contributed by atoms with Gasteiger partial charge in [0.25, 0.3) is 0 Å². The molecule has 3 fully saturated rings. The number of ether oxygens (including phenoxy) is 2. The van der Waals surface area contributed by atoms with E-state index < -0.39 is 0 Å². The van der Waals surface area contributed by atoms with Crippen LogP contribution in [0.5, 0.6) is 0 Å². The topological polar surface area (TPSA) is 41.9 Å². The molecule has 3 aliphatic rings. The highest BCUT2D eigenvalue weighted by molar-refractivity contribution is 5.02. The van der Waals surface area contributed by atoms with E-state index in [1.54, 1.807) is 0 Å². The van der Waals surface area contributed by atoms with Crippen molar-refractivity contribution in [1.29, 1.82) is 0 Å². The standard InChI is InChI=1S/C17H31NO3/c1-4-18(2)10-11-5-8-14(20-3)17-16(11)13-7-6-12(19)9-15(13)21-17/h11-17,19H,4-10H2,1-3H3. The SMILES string of the molecule is CCN(C)CC1CCC(OC)C2OC3CC(O)CCC3C12. The van der Waals surface area contributed by atoms with E-state index in [0.717, 1.165) is 38.1 Å². The number of aliphatic hydroxyl groups excluding tert-OH is 1. The number of aliphatic hydroxyl groups is 1. The summed E-state index contributed by atoms with van der Waals surface area (Å²) >= 11 is 0. The first-order chi connectivity index (χ1) is 10.1. The highest BCUT2D eigenvalue weighted by Crippen LogP contribution is 2.50. The number of hydrogen-bond acceptors (Lipinski definition) is 4. The van der Waals surface area contributed by atoms with Gasteiger partial charge in [-0.3, -0.25) is 0 Å². The zero-order valence-electron chi connectivity index (χ0n) is 13.7. The summed E-state index contributed by atoms with van der Waals surface area (Å²) in [5.41, 5.74) is 0. The van der Waals surface area contributed by atoms with Gasteiger partial charge in [-0.25, -0.2) is 0 Å². The van der Waals surface area contributed by atoms with Gasteiger partial charge in [-0.2, -0.15) is 0 Å². The summed E-state index contributed by atoms with van der Waals surface area (Å²) in [6, 6.07) is 0. The van der Waals surface area contributed by atoms with Crippen LogP contribution in [0.15, 0.2) is 0 Å². The van der Waals surface area contributed by atoms with Crippen LogP contribution in [0.4, 0.5) is 0 Å². The molecule has 21 heavy (non-hydrogen) atoms. The molecular weight excluding hydrogens is 266 g/mol. The predicted octanol–water partition coefficient (Wildman–Crippen LogP) is 1.91. The lowest BCUT2D eigenvalue weighted by Crippen LogP contribution is -2.46. The first kappa shape index (κ1) is 15.7. The Hall–Kier alpha value is -0.160. The van der Waals surface area contributed by atoms with E-state index in [2.05, 4.69) is 18.9 Å². The van der Waals surface area contributed by atoms with E-state index in [-0.39, 0.29) is 24.4 Å². The highest BCUT2D eigenvalue weighted by atomic mass is 16.5. The first-order valence-corrected chi connectivity index (χ1v) is 8.68. The number of hydrogen-bond donors (Lipinski definition) is 1. The van der Waals surface area contributed by atoms with E-state index in [1.807, 2.05) is 7.11 Å². The minimum absolute atomic E-state index is 0.163. The average Bonchev–Trinajstić information content (AvgIpc) is 2.86. The minimum Gasteiger partial charge on any atom is -0.393 e. The Kier molecular flexibility index (Phi) is 4.89. The number of rotatable bonds is 4. The molecule has 4 nitrogen and oxygen atoms in total. The maximum Gasteiger partial charge on any atom is 0.0875 e. The van der Waals surface area contributed by atoms with Crippen LogP contribution in [0.1, 0.15) is 39.0 Å². The molecule has 0 radical (unpaired) electrons. The Labute approximate surface area is 128 Å². The van der Waals surface area contributed by atoms with Crippen LogP contribution in [0.2, 0.25) is 0 Å². The predicted molar refractivity (Wildman–Crippen MR) is 82.2 cm³/mol. The fraction of sp³-hybridized carbons (Fsp3) is 1.00. The fourth-order valence-corrected chi connectivity index (χ4v) is 4.95. The van der Waals surface area contributed by atoms with E-state index >= 15 is 0 Å². The van der Waals surface area contributed by atoms with Gasteiger partial charge >= 0.3 is 0 Å². The van der Waals surface area contributed by atoms with Gasteiger partial charge in [0.15, 0.2) is 0 Å².